The second-order valence-electron chi connectivity index (χ2n) is 1.48. The smallest absolute Gasteiger partial charge is 0.140 e. The number of hydrogen-bond donors (Lipinski definition) is 1. The lowest BCUT2D eigenvalue weighted by atomic mass is 10.5. The molecule has 1 aromatic heterocycles. The molecule has 0 atom stereocenters. The van der Waals surface area contributed by atoms with E-state index < -0.39 is 0 Å². The topological polar surface area (TPSA) is 20.2 Å². The van der Waals surface area contributed by atoms with Crippen LogP contribution in [0, 0.1) is 8.70 Å². The number of aliphatic hydroxyl groups excluding tert-OH is 1. The Hall–Kier alpha value is 0.320. The highest BCUT2D eigenvalue weighted by Crippen LogP contribution is 2.21. The molecule has 0 fully saturated rings. The van der Waals surface area contributed by atoms with Crippen molar-refractivity contribution in [3.63, 3.8) is 0 Å². The Morgan fingerprint density at radius 2 is 2.44 bits per heavy atom. The fourth-order valence-corrected chi connectivity index (χ4v) is 2.17. The van der Waals surface area contributed by atoms with Gasteiger partial charge in [-0.25, -0.2) is 4.39 Å². The van der Waals surface area contributed by atoms with Crippen molar-refractivity contribution in [2.75, 3.05) is 0 Å². The molecule has 1 nitrogen and oxygen atoms in total. The van der Waals surface area contributed by atoms with E-state index in [4.69, 9.17) is 5.11 Å². The molecule has 0 unspecified atom stereocenters. The van der Waals surface area contributed by atoms with Crippen molar-refractivity contribution < 1.29 is 9.50 Å². The summed E-state index contributed by atoms with van der Waals surface area (Å²) in [6.45, 7) is -0.195. The van der Waals surface area contributed by atoms with Gasteiger partial charge < -0.3 is 5.11 Å². The van der Waals surface area contributed by atoms with Crippen molar-refractivity contribution in [2.24, 2.45) is 0 Å². The predicted octanol–water partition coefficient (Wildman–Crippen LogP) is 1.98. The van der Waals surface area contributed by atoms with E-state index in [0.29, 0.717) is 4.88 Å². The Labute approximate surface area is 69.7 Å². The van der Waals surface area contributed by atoms with Crippen LogP contribution in [0.3, 0.4) is 0 Å². The SMILES string of the molecule is OCc1sc(I)cc1F. The van der Waals surface area contributed by atoms with Crippen molar-refractivity contribution in [3.8, 4) is 0 Å². The molecule has 0 aliphatic heterocycles. The lowest BCUT2D eigenvalue weighted by Gasteiger charge is -1.83. The second kappa shape index (κ2) is 2.94. The van der Waals surface area contributed by atoms with E-state index in [0.717, 1.165) is 2.88 Å². The van der Waals surface area contributed by atoms with Gasteiger partial charge in [-0.05, 0) is 28.7 Å². The van der Waals surface area contributed by atoms with Crippen molar-refractivity contribution in [1.82, 2.24) is 0 Å². The fourth-order valence-electron chi connectivity index (χ4n) is 0.484. The van der Waals surface area contributed by atoms with Crippen LogP contribution in [0.15, 0.2) is 6.07 Å². The fraction of sp³-hybridized carbons (Fsp3) is 0.200. The van der Waals surface area contributed by atoms with Crippen molar-refractivity contribution >= 4 is 33.9 Å². The summed E-state index contributed by atoms with van der Waals surface area (Å²) in [5.41, 5.74) is 0. The van der Waals surface area contributed by atoms with Crippen molar-refractivity contribution in [2.45, 2.75) is 6.61 Å². The summed E-state index contributed by atoms with van der Waals surface area (Å²) < 4.78 is 13.3. The molecule has 0 amide bonds. The molecule has 4 heteroatoms. The zero-order valence-electron chi connectivity index (χ0n) is 4.40. The Morgan fingerprint density at radius 1 is 1.78 bits per heavy atom. The van der Waals surface area contributed by atoms with Gasteiger partial charge in [-0.15, -0.1) is 11.3 Å². The predicted molar refractivity (Wildman–Crippen MR) is 42.9 cm³/mol. The van der Waals surface area contributed by atoms with Gasteiger partial charge in [-0.3, -0.25) is 0 Å². The van der Waals surface area contributed by atoms with Crippen LogP contribution in [0.5, 0.6) is 0 Å². The van der Waals surface area contributed by atoms with Crippen molar-refractivity contribution in [3.05, 3.63) is 19.6 Å². The third-order valence-corrected chi connectivity index (χ3v) is 2.73. The Morgan fingerprint density at radius 3 is 2.67 bits per heavy atom. The van der Waals surface area contributed by atoms with Crippen LogP contribution >= 0.6 is 33.9 Å². The average molecular weight is 258 g/mol. The van der Waals surface area contributed by atoms with Crippen LogP contribution in [0.25, 0.3) is 0 Å². The molecule has 1 aromatic rings. The summed E-state index contributed by atoms with van der Waals surface area (Å²) in [5.74, 6) is -0.299. The molecule has 1 heterocycles. The van der Waals surface area contributed by atoms with Gasteiger partial charge in [0.1, 0.15) is 5.82 Å². The maximum atomic E-state index is 12.5. The molecule has 50 valence electrons. The highest BCUT2D eigenvalue weighted by Gasteiger charge is 2.03. The minimum atomic E-state index is -0.299. The molecule has 0 aliphatic rings. The van der Waals surface area contributed by atoms with Gasteiger partial charge in [0.15, 0.2) is 0 Å². The molecule has 0 aliphatic carbocycles. The molecule has 1 N–H and O–H groups in total. The van der Waals surface area contributed by atoms with Crippen LogP contribution in [-0.2, 0) is 6.61 Å². The Kier molecular flexibility index (Phi) is 2.42. The number of rotatable bonds is 1. The first-order valence-electron chi connectivity index (χ1n) is 2.28. The second-order valence-corrected chi connectivity index (χ2v) is 4.51. The molecule has 0 saturated heterocycles. The standard InChI is InChI=1S/C5H4FIOS/c6-3-1-5(7)9-4(3)2-8/h1,8H,2H2. The van der Waals surface area contributed by atoms with Crippen LogP contribution in [0.1, 0.15) is 4.88 Å². The molecule has 0 spiro atoms. The van der Waals surface area contributed by atoms with E-state index in [-0.39, 0.29) is 12.4 Å². The van der Waals surface area contributed by atoms with Gasteiger partial charge in [0.05, 0.1) is 14.4 Å². The molecule has 0 radical (unpaired) electrons. The summed E-state index contributed by atoms with van der Waals surface area (Å²) in [6.07, 6.45) is 0. The van der Waals surface area contributed by atoms with E-state index in [1.54, 1.807) is 0 Å². The third kappa shape index (κ3) is 1.62. The summed E-state index contributed by atoms with van der Waals surface area (Å²) in [5, 5.41) is 8.50. The van der Waals surface area contributed by atoms with Gasteiger partial charge >= 0.3 is 0 Å². The van der Waals surface area contributed by atoms with E-state index in [1.165, 1.54) is 17.4 Å². The molecular weight excluding hydrogens is 254 g/mol. The lowest BCUT2D eigenvalue weighted by Crippen LogP contribution is -1.77. The largest absolute Gasteiger partial charge is 0.391 e. The summed E-state index contributed by atoms with van der Waals surface area (Å²) >= 11 is 3.29. The third-order valence-electron chi connectivity index (χ3n) is 0.871. The first-order chi connectivity index (χ1) is 4.24. The number of halogens is 2. The summed E-state index contributed by atoms with van der Waals surface area (Å²) in [6, 6.07) is 1.41. The highest BCUT2D eigenvalue weighted by atomic mass is 127. The van der Waals surface area contributed by atoms with Gasteiger partial charge in [0.25, 0.3) is 0 Å². The number of aliphatic hydroxyl groups is 1. The first-order valence-corrected chi connectivity index (χ1v) is 4.18. The van der Waals surface area contributed by atoms with Gasteiger partial charge in [0, 0.05) is 0 Å². The molecule has 0 saturated carbocycles. The van der Waals surface area contributed by atoms with Gasteiger partial charge in [-0.1, -0.05) is 0 Å². The zero-order chi connectivity index (χ0) is 6.85. The minimum Gasteiger partial charge on any atom is -0.391 e. The summed E-state index contributed by atoms with van der Waals surface area (Å²) in [4.78, 5) is 0.416. The number of thiophene rings is 1. The van der Waals surface area contributed by atoms with Crippen LogP contribution in [-0.4, -0.2) is 5.11 Å². The van der Waals surface area contributed by atoms with Crippen LogP contribution < -0.4 is 0 Å². The van der Waals surface area contributed by atoms with E-state index in [9.17, 15) is 4.39 Å². The molecule has 9 heavy (non-hydrogen) atoms. The molecule has 0 aromatic carbocycles. The maximum absolute atomic E-state index is 12.5. The van der Waals surface area contributed by atoms with E-state index in [1.807, 2.05) is 22.6 Å². The van der Waals surface area contributed by atoms with Gasteiger partial charge in [-0.2, -0.15) is 0 Å². The van der Waals surface area contributed by atoms with Crippen molar-refractivity contribution in [1.29, 1.82) is 0 Å². The van der Waals surface area contributed by atoms with E-state index in [2.05, 4.69) is 0 Å². The Bertz CT molecular complexity index is 211. The summed E-state index contributed by atoms with van der Waals surface area (Å²) in [7, 11) is 0. The average Bonchev–Trinajstić information content (AvgIpc) is 2.10. The molecule has 1 rings (SSSR count). The van der Waals surface area contributed by atoms with Gasteiger partial charge in [0.2, 0.25) is 0 Å². The maximum Gasteiger partial charge on any atom is 0.140 e. The number of hydrogen-bond acceptors (Lipinski definition) is 2. The normalized spacial score (nSPS) is 10.1. The zero-order valence-corrected chi connectivity index (χ0v) is 7.37. The highest BCUT2D eigenvalue weighted by molar-refractivity contribution is 14.1. The van der Waals surface area contributed by atoms with Crippen LogP contribution in [0.2, 0.25) is 0 Å². The Balaban J connectivity index is 3.01. The lowest BCUT2D eigenvalue weighted by molar-refractivity contribution is 0.280. The quantitative estimate of drug-likeness (QED) is 0.764. The first kappa shape index (κ1) is 7.43. The van der Waals surface area contributed by atoms with E-state index >= 15 is 0 Å². The molecular formula is C5H4FIOS. The van der Waals surface area contributed by atoms with Crippen LogP contribution in [0.4, 0.5) is 4.39 Å². The monoisotopic (exact) mass is 258 g/mol. The minimum absolute atomic E-state index is 0.195. The molecule has 0 bridgehead atoms.